The van der Waals surface area contributed by atoms with Gasteiger partial charge in [0, 0.05) is 18.0 Å². The van der Waals surface area contributed by atoms with Gasteiger partial charge in [-0.25, -0.2) is 9.97 Å². The fourth-order valence-electron chi connectivity index (χ4n) is 1.38. The zero-order valence-electron chi connectivity index (χ0n) is 8.56. The molecule has 0 aromatic carbocycles. The number of rotatable bonds is 3. The maximum Gasteiger partial charge on any atom is 0.311 e. The highest BCUT2D eigenvalue weighted by molar-refractivity contribution is 5.76. The molecule has 1 unspecified atom stereocenters. The monoisotopic (exact) mass is 194 g/mol. The van der Waals surface area contributed by atoms with E-state index < -0.39 is 11.9 Å². The lowest BCUT2D eigenvalue weighted by Gasteiger charge is -2.15. The quantitative estimate of drug-likeness (QED) is 0.794. The van der Waals surface area contributed by atoms with E-state index in [1.807, 2.05) is 13.8 Å². The summed E-state index contributed by atoms with van der Waals surface area (Å²) in [6.45, 7) is 5.52. The first-order valence-electron chi connectivity index (χ1n) is 4.53. The van der Waals surface area contributed by atoms with E-state index in [4.69, 9.17) is 5.11 Å². The van der Waals surface area contributed by atoms with E-state index in [0.29, 0.717) is 11.4 Å². The molecule has 0 bridgehead atoms. The van der Waals surface area contributed by atoms with Crippen molar-refractivity contribution in [2.24, 2.45) is 5.92 Å². The molecular weight excluding hydrogens is 180 g/mol. The van der Waals surface area contributed by atoms with Gasteiger partial charge in [0.1, 0.15) is 5.82 Å². The van der Waals surface area contributed by atoms with Crippen LogP contribution in [0, 0.1) is 12.8 Å². The average Bonchev–Trinajstić information content (AvgIpc) is 2.07. The second-order valence-electron chi connectivity index (χ2n) is 3.62. The normalized spacial score (nSPS) is 12.9. The van der Waals surface area contributed by atoms with Crippen LogP contribution >= 0.6 is 0 Å². The van der Waals surface area contributed by atoms with Gasteiger partial charge in [0.2, 0.25) is 0 Å². The highest BCUT2D eigenvalue weighted by atomic mass is 16.4. The zero-order valence-corrected chi connectivity index (χ0v) is 8.56. The summed E-state index contributed by atoms with van der Waals surface area (Å²) >= 11 is 0. The molecule has 0 spiro atoms. The molecule has 76 valence electrons. The van der Waals surface area contributed by atoms with Crippen LogP contribution in [0.5, 0.6) is 0 Å². The molecule has 0 amide bonds. The number of aryl methyl sites for hydroxylation is 1. The number of carboxylic acids is 1. The van der Waals surface area contributed by atoms with Crippen molar-refractivity contribution in [1.82, 2.24) is 9.97 Å². The maximum atomic E-state index is 11.0. The van der Waals surface area contributed by atoms with Crippen molar-refractivity contribution in [1.29, 1.82) is 0 Å². The molecule has 14 heavy (non-hydrogen) atoms. The predicted octanol–water partition coefficient (Wildman–Crippen LogP) is 1.61. The Balaban J connectivity index is 3.00. The first kappa shape index (κ1) is 10.6. The second-order valence-corrected chi connectivity index (χ2v) is 3.62. The lowest BCUT2D eigenvalue weighted by atomic mass is 9.90. The molecule has 0 saturated carbocycles. The first-order chi connectivity index (χ1) is 6.52. The number of nitrogens with zero attached hydrogens (tertiary/aromatic N) is 2. The molecule has 0 fully saturated rings. The summed E-state index contributed by atoms with van der Waals surface area (Å²) in [4.78, 5) is 19.0. The Morgan fingerprint density at radius 1 is 1.36 bits per heavy atom. The highest BCUT2D eigenvalue weighted by Crippen LogP contribution is 2.23. The van der Waals surface area contributed by atoms with Crippen molar-refractivity contribution in [3.05, 3.63) is 23.8 Å². The molecule has 0 saturated heterocycles. The molecule has 0 aliphatic rings. The van der Waals surface area contributed by atoms with Crippen LogP contribution in [-0.4, -0.2) is 21.0 Å². The fraction of sp³-hybridized carbons (Fsp3) is 0.500. The van der Waals surface area contributed by atoms with Crippen molar-refractivity contribution < 1.29 is 9.90 Å². The number of carbonyl (C=O) groups is 1. The summed E-state index contributed by atoms with van der Waals surface area (Å²) in [5, 5.41) is 9.01. The predicted molar refractivity (Wildman–Crippen MR) is 52.0 cm³/mol. The van der Waals surface area contributed by atoms with Gasteiger partial charge in [-0.15, -0.1) is 0 Å². The third-order valence-electron chi connectivity index (χ3n) is 2.09. The summed E-state index contributed by atoms with van der Waals surface area (Å²) in [6.07, 6.45) is 3.17. The molecule has 1 aromatic rings. The second kappa shape index (κ2) is 4.17. The largest absolute Gasteiger partial charge is 0.481 e. The smallest absolute Gasteiger partial charge is 0.311 e. The highest BCUT2D eigenvalue weighted by Gasteiger charge is 2.23. The van der Waals surface area contributed by atoms with Crippen molar-refractivity contribution in [2.75, 3.05) is 0 Å². The molecular formula is C10H14N2O2. The topological polar surface area (TPSA) is 63.1 Å². The van der Waals surface area contributed by atoms with Crippen LogP contribution in [0.15, 0.2) is 12.4 Å². The number of hydrogen-bond donors (Lipinski definition) is 1. The Labute approximate surface area is 83.0 Å². The summed E-state index contributed by atoms with van der Waals surface area (Å²) in [6, 6.07) is 0. The summed E-state index contributed by atoms with van der Waals surface area (Å²) in [5.41, 5.74) is 0.665. The zero-order chi connectivity index (χ0) is 10.7. The third-order valence-corrected chi connectivity index (χ3v) is 2.09. The fourth-order valence-corrected chi connectivity index (χ4v) is 1.38. The van der Waals surface area contributed by atoms with Crippen molar-refractivity contribution in [3.8, 4) is 0 Å². The van der Waals surface area contributed by atoms with Gasteiger partial charge in [-0.05, 0) is 12.8 Å². The molecule has 0 aliphatic heterocycles. The van der Waals surface area contributed by atoms with E-state index in [0.717, 1.165) is 0 Å². The van der Waals surface area contributed by atoms with Crippen LogP contribution in [-0.2, 0) is 4.79 Å². The number of aliphatic carboxylic acids is 1. The molecule has 1 rings (SSSR count). The minimum absolute atomic E-state index is 0.0406. The number of hydrogen-bond acceptors (Lipinski definition) is 3. The number of carboxylic acid groups (broad SMARTS) is 1. The Morgan fingerprint density at radius 2 is 1.86 bits per heavy atom. The van der Waals surface area contributed by atoms with Crippen LogP contribution < -0.4 is 0 Å². The van der Waals surface area contributed by atoms with Gasteiger partial charge in [-0.2, -0.15) is 0 Å². The van der Waals surface area contributed by atoms with E-state index in [9.17, 15) is 4.79 Å². The Bertz CT molecular complexity index is 319. The minimum atomic E-state index is -0.826. The van der Waals surface area contributed by atoms with Crippen LogP contribution in [0.25, 0.3) is 0 Å². The van der Waals surface area contributed by atoms with E-state index in [1.54, 1.807) is 19.3 Å². The SMILES string of the molecule is Cc1ncc(C(C(=O)O)C(C)C)cn1. The van der Waals surface area contributed by atoms with Gasteiger partial charge in [0.25, 0.3) is 0 Å². The van der Waals surface area contributed by atoms with Crippen LogP contribution in [0.3, 0.4) is 0 Å². The lowest BCUT2D eigenvalue weighted by Crippen LogP contribution is -2.18. The van der Waals surface area contributed by atoms with Gasteiger partial charge in [0.15, 0.2) is 0 Å². The van der Waals surface area contributed by atoms with Crippen LogP contribution in [0.2, 0.25) is 0 Å². The minimum Gasteiger partial charge on any atom is -0.481 e. The molecule has 4 nitrogen and oxygen atoms in total. The van der Waals surface area contributed by atoms with E-state index >= 15 is 0 Å². The molecule has 0 aliphatic carbocycles. The summed E-state index contributed by atoms with van der Waals surface area (Å²) in [5.74, 6) is -0.650. The van der Waals surface area contributed by atoms with Gasteiger partial charge < -0.3 is 5.11 Å². The number of aromatic nitrogens is 2. The molecule has 1 atom stereocenters. The Morgan fingerprint density at radius 3 is 2.21 bits per heavy atom. The third kappa shape index (κ3) is 2.28. The lowest BCUT2D eigenvalue weighted by molar-refractivity contribution is -0.139. The molecule has 1 aromatic heterocycles. The van der Waals surface area contributed by atoms with Gasteiger partial charge in [-0.1, -0.05) is 13.8 Å². The average molecular weight is 194 g/mol. The van der Waals surface area contributed by atoms with Crippen molar-refractivity contribution >= 4 is 5.97 Å². The standard InChI is InChI=1S/C10H14N2O2/c1-6(2)9(10(13)14)8-4-11-7(3)12-5-8/h4-6,9H,1-3H3,(H,13,14). The van der Waals surface area contributed by atoms with Crippen molar-refractivity contribution in [2.45, 2.75) is 26.7 Å². The summed E-state index contributed by atoms with van der Waals surface area (Å²) < 4.78 is 0. The van der Waals surface area contributed by atoms with Gasteiger partial charge >= 0.3 is 5.97 Å². The molecule has 0 radical (unpaired) electrons. The Hall–Kier alpha value is -1.45. The molecule has 4 heteroatoms. The van der Waals surface area contributed by atoms with Crippen LogP contribution in [0.4, 0.5) is 0 Å². The first-order valence-corrected chi connectivity index (χ1v) is 4.53. The molecule has 1 heterocycles. The summed E-state index contributed by atoms with van der Waals surface area (Å²) in [7, 11) is 0. The van der Waals surface area contributed by atoms with Gasteiger partial charge in [-0.3, -0.25) is 4.79 Å². The Kier molecular flexibility index (Phi) is 3.17. The van der Waals surface area contributed by atoms with Crippen molar-refractivity contribution in [3.63, 3.8) is 0 Å². The molecule has 1 N–H and O–H groups in total. The van der Waals surface area contributed by atoms with E-state index in [2.05, 4.69) is 9.97 Å². The van der Waals surface area contributed by atoms with E-state index in [-0.39, 0.29) is 5.92 Å². The maximum absolute atomic E-state index is 11.0. The van der Waals surface area contributed by atoms with Crippen LogP contribution in [0.1, 0.15) is 31.2 Å². The van der Waals surface area contributed by atoms with E-state index in [1.165, 1.54) is 0 Å². The van der Waals surface area contributed by atoms with Gasteiger partial charge in [0.05, 0.1) is 5.92 Å².